The molecule has 0 aliphatic rings. The summed E-state index contributed by atoms with van der Waals surface area (Å²) in [6.45, 7) is 10.8. The van der Waals surface area contributed by atoms with E-state index in [9.17, 15) is 0 Å². The van der Waals surface area contributed by atoms with Crippen molar-refractivity contribution in [3.05, 3.63) is 58.4 Å². The Morgan fingerprint density at radius 1 is 0.588 bits per heavy atom. The lowest BCUT2D eigenvalue weighted by atomic mass is 10.1. The Morgan fingerprint density at radius 2 is 1.00 bits per heavy atom. The molecule has 88 valence electrons. The fourth-order valence-corrected chi connectivity index (χ4v) is 2.59. The van der Waals surface area contributed by atoms with Gasteiger partial charge in [0.25, 0.3) is 0 Å². The maximum atomic E-state index is 2.31. The van der Waals surface area contributed by atoms with Crippen molar-refractivity contribution in [1.82, 2.24) is 0 Å². The summed E-state index contributed by atoms with van der Waals surface area (Å²) in [6.07, 6.45) is 0. The molecule has 0 saturated heterocycles. The molecule has 2 aromatic rings. The first-order chi connectivity index (χ1) is 7.97. The van der Waals surface area contributed by atoms with Crippen LogP contribution in [0.3, 0.4) is 0 Å². The van der Waals surface area contributed by atoms with Crippen LogP contribution in [0.1, 0.15) is 28.1 Å². The van der Waals surface area contributed by atoms with Crippen molar-refractivity contribution in [2.75, 3.05) is 0 Å². The topological polar surface area (TPSA) is 3.88 Å². The molecule has 0 aliphatic heterocycles. The normalized spacial score (nSPS) is 10.6. The summed E-state index contributed by atoms with van der Waals surface area (Å²) in [5, 5.41) is 0. The van der Waals surface area contributed by atoms with E-state index < -0.39 is 0 Å². The van der Waals surface area contributed by atoms with Crippen molar-refractivity contribution in [3.8, 4) is 5.69 Å². The lowest BCUT2D eigenvalue weighted by Gasteiger charge is -2.06. The number of pyridine rings is 1. The summed E-state index contributed by atoms with van der Waals surface area (Å²) < 4.78 is 2.31. The predicted octanol–water partition coefficient (Wildman–Crippen LogP) is 3.51. The highest BCUT2D eigenvalue weighted by molar-refractivity contribution is 5.34. The van der Waals surface area contributed by atoms with Gasteiger partial charge in [0.15, 0.2) is 11.4 Å². The second-order valence-electron chi connectivity index (χ2n) is 5.00. The fourth-order valence-electron chi connectivity index (χ4n) is 2.59. The van der Waals surface area contributed by atoms with Crippen molar-refractivity contribution in [1.29, 1.82) is 0 Å². The van der Waals surface area contributed by atoms with Crippen LogP contribution in [0.25, 0.3) is 5.69 Å². The van der Waals surface area contributed by atoms with Gasteiger partial charge < -0.3 is 0 Å². The fraction of sp³-hybridized carbons (Fsp3) is 0.312. The number of hydrogen-bond acceptors (Lipinski definition) is 0. The summed E-state index contributed by atoms with van der Waals surface area (Å²) in [6, 6.07) is 11.1. The number of aromatic nitrogens is 1. The van der Waals surface area contributed by atoms with Crippen LogP contribution in [0.5, 0.6) is 0 Å². The average Bonchev–Trinajstić information content (AvgIpc) is 2.13. The molecule has 0 atom stereocenters. The molecular formula is C16H20N+. The Balaban J connectivity index is 2.68. The second kappa shape index (κ2) is 4.33. The molecule has 0 radical (unpaired) electrons. The van der Waals surface area contributed by atoms with Gasteiger partial charge in [0.05, 0.1) is 0 Å². The van der Waals surface area contributed by atoms with Gasteiger partial charge in [-0.05, 0) is 37.5 Å². The largest absolute Gasteiger partial charge is 0.211 e. The molecule has 0 amide bonds. The smallest absolute Gasteiger partial charge is 0.162 e. The molecule has 1 aromatic carbocycles. The first kappa shape index (κ1) is 11.8. The van der Waals surface area contributed by atoms with Crippen LogP contribution in [0.2, 0.25) is 0 Å². The molecule has 2 rings (SSSR count). The average molecular weight is 226 g/mol. The third-order valence-electron chi connectivity index (χ3n) is 3.04. The van der Waals surface area contributed by atoms with Crippen molar-refractivity contribution in [3.63, 3.8) is 0 Å². The molecule has 1 aromatic heterocycles. The molecule has 1 heteroatoms. The first-order valence-electron chi connectivity index (χ1n) is 6.06. The number of hydrogen-bond donors (Lipinski definition) is 0. The van der Waals surface area contributed by atoms with Crippen LogP contribution < -0.4 is 4.57 Å². The Bertz CT molecular complexity index is 524. The second-order valence-corrected chi connectivity index (χ2v) is 5.00. The number of benzene rings is 1. The minimum atomic E-state index is 1.26. The molecule has 17 heavy (non-hydrogen) atoms. The van der Waals surface area contributed by atoms with E-state index in [-0.39, 0.29) is 0 Å². The van der Waals surface area contributed by atoms with Crippen molar-refractivity contribution in [2.24, 2.45) is 0 Å². The first-order valence-corrected chi connectivity index (χ1v) is 6.06. The van der Waals surface area contributed by atoms with Gasteiger partial charge in [0, 0.05) is 38.1 Å². The summed E-state index contributed by atoms with van der Waals surface area (Å²) in [7, 11) is 0. The highest BCUT2D eigenvalue weighted by Gasteiger charge is 2.15. The van der Waals surface area contributed by atoms with Gasteiger partial charge in [-0.3, -0.25) is 0 Å². The molecule has 1 nitrogen and oxygen atoms in total. The zero-order valence-electron chi connectivity index (χ0n) is 11.3. The van der Waals surface area contributed by atoms with E-state index >= 15 is 0 Å². The van der Waals surface area contributed by atoms with E-state index in [0.29, 0.717) is 0 Å². The Morgan fingerprint density at radius 3 is 1.47 bits per heavy atom. The van der Waals surface area contributed by atoms with Gasteiger partial charge in [-0.1, -0.05) is 6.07 Å². The number of rotatable bonds is 1. The minimum Gasteiger partial charge on any atom is -0.162 e. The van der Waals surface area contributed by atoms with Crippen LogP contribution in [0, 0.1) is 34.6 Å². The lowest BCUT2D eigenvalue weighted by molar-refractivity contribution is -0.609. The quantitative estimate of drug-likeness (QED) is 0.655. The molecule has 0 fully saturated rings. The van der Waals surface area contributed by atoms with Crippen molar-refractivity contribution >= 4 is 0 Å². The molecule has 0 N–H and O–H groups in total. The summed E-state index contributed by atoms with van der Waals surface area (Å²) in [5.41, 5.74) is 7.77. The molecule has 0 unspecified atom stereocenters. The van der Waals surface area contributed by atoms with E-state index in [2.05, 4.69) is 69.5 Å². The highest BCUT2D eigenvalue weighted by Crippen LogP contribution is 2.12. The Labute approximate surface area is 104 Å². The van der Waals surface area contributed by atoms with E-state index in [4.69, 9.17) is 0 Å². The summed E-state index contributed by atoms with van der Waals surface area (Å²) in [4.78, 5) is 0. The SMILES string of the molecule is Cc1cc(C)cc(-[n+]2c(C)cc(C)cc2C)c1. The van der Waals surface area contributed by atoms with Gasteiger partial charge >= 0.3 is 0 Å². The highest BCUT2D eigenvalue weighted by atomic mass is 15.0. The molecule has 1 heterocycles. The van der Waals surface area contributed by atoms with Crippen LogP contribution in [0.4, 0.5) is 0 Å². The van der Waals surface area contributed by atoms with Crippen molar-refractivity contribution < 1.29 is 4.57 Å². The summed E-state index contributed by atoms with van der Waals surface area (Å²) in [5.74, 6) is 0. The molecule has 0 aliphatic carbocycles. The minimum absolute atomic E-state index is 1.26. The van der Waals surface area contributed by atoms with Crippen molar-refractivity contribution in [2.45, 2.75) is 34.6 Å². The third kappa shape index (κ3) is 2.38. The van der Waals surface area contributed by atoms with Gasteiger partial charge in [-0.2, -0.15) is 4.57 Å². The van der Waals surface area contributed by atoms with E-state index in [1.165, 1.54) is 33.8 Å². The van der Waals surface area contributed by atoms with E-state index in [1.807, 2.05) is 0 Å². The van der Waals surface area contributed by atoms with E-state index in [1.54, 1.807) is 0 Å². The molecular weight excluding hydrogens is 206 g/mol. The predicted molar refractivity (Wildman–Crippen MR) is 71.7 cm³/mol. The zero-order valence-corrected chi connectivity index (χ0v) is 11.3. The Hall–Kier alpha value is -1.63. The third-order valence-corrected chi connectivity index (χ3v) is 3.04. The molecule has 0 bridgehead atoms. The number of aryl methyl sites for hydroxylation is 5. The van der Waals surface area contributed by atoms with Gasteiger partial charge in [-0.15, -0.1) is 0 Å². The lowest BCUT2D eigenvalue weighted by Crippen LogP contribution is -2.37. The van der Waals surface area contributed by atoms with Gasteiger partial charge in [0.2, 0.25) is 5.69 Å². The number of nitrogens with zero attached hydrogens (tertiary/aromatic N) is 1. The Kier molecular flexibility index (Phi) is 3.01. The van der Waals surface area contributed by atoms with E-state index in [0.717, 1.165) is 0 Å². The molecule has 0 saturated carbocycles. The molecule has 0 spiro atoms. The van der Waals surface area contributed by atoms with Crippen LogP contribution in [0.15, 0.2) is 30.3 Å². The zero-order chi connectivity index (χ0) is 12.6. The van der Waals surface area contributed by atoms with Gasteiger partial charge in [-0.25, -0.2) is 0 Å². The van der Waals surface area contributed by atoms with Crippen LogP contribution >= 0.6 is 0 Å². The summed E-state index contributed by atoms with van der Waals surface area (Å²) >= 11 is 0. The maximum Gasteiger partial charge on any atom is 0.211 e. The van der Waals surface area contributed by atoms with Gasteiger partial charge in [0.1, 0.15) is 0 Å². The van der Waals surface area contributed by atoms with Crippen LogP contribution in [-0.2, 0) is 0 Å². The van der Waals surface area contributed by atoms with Crippen LogP contribution in [-0.4, -0.2) is 0 Å². The maximum absolute atomic E-state index is 2.31. The monoisotopic (exact) mass is 226 g/mol. The standard InChI is InChI=1S/C16H20N/c1-11-6-12(2)10-16(9-11)17-14(4)7-13(3)8-15(17)5/h6-10H,1-5H3/q+1.